The van der Waals surface area contributed by atoms with E-state index in [0.717, 1.165) is 12.1 Å². The zero-order valence-electron chi connectivity index (χ0n) is 11.6. The second-order valence-electron chi connectivity index (χ2n) is 4.58. The third-order valence-electron chi connectivity index (χ3n) is 2.96. The van der Waals surface area contributed by atoms with Crippen LogP contribution in [0.3, 0.4) is 0 Å². The van der Waals surface area contributed by atoms with Gasteiger partial charge in [-0.1, -0.05) is 13.0 Å². The van der Waals surface area contributed by atoms with Crippen LogP contribution in [-0.2, 0) is 6.61 Å². The molecule has 0 radical (unpaired) electrons. The first kappa shape index (κ1) is 14.5. The van der Waals surface area contributed by atoms with Gasteiger partial charge in [-0.25, -0.2) is 4.98 Å². The lowest BCUT2D eigenvalue weighted by Crippen LogP contribution is -2.31. The number of carbonyl (C=O) groups excluding carboxylic acids is 1. The summed E-state index contributed by atoms with van der Waals surface area (Å²) in [5.74, 6) is 0.605. The largest absolute Gasteiger partial charge is 0.487 e. The van der Waals surface area contributed by atoms with E-state index in [2.05, 4.69) is 10.3 Å². The normalized spacial score (nSPS) is 11.9. The van der Waals surface area contributed by atoms with Crippen molar-refractivity contribution in [1.29, 1.82) is 0 Å². The number of nitrogens with one attached hydrogen (secondary N) is 1. The zero-order valence-corrected chi connectivity index (χ0v) is 12.4. The Morgan fingerprint density at radius 2 is 2.35 bits per heavy atom. The van der Waals surface area contributed by atoms with Crippen molar-refractivity contribution in [2.75, 3.05) is 0 Å². The van der Waals surface area contributed by atoms with Crippen molar-refractivity contribution in [3.63, 3.8) is 0 Å². The van der Waals surface area contributed by atoms with Gasteiger partial charge in [-0.3, -0.25) is 4.79 Å². The maximum Gasteiger partial charge on any atom is 0.251 e. The van der Waals surface area contributed by atoms with Gasteiger partial charge in [-0.15, -0.1) is 11.3 Å². The van der Waals surface area contributed by atoms with E-state index >= 15 is 0 Å². The molecular weight excluding hydrogens is 272 g/mol. The van der Waals surface area contributed by atoms with Crippen LogP contribution in [0, 0.1) is 0 Å². The van der Waals surface area contributed by atoms with Crippen molar-refractivity contribution in [1.82, 2.24) is 10.3 Å². The number of amides is 1. The highest BCUT2D eigenvalue weighted by Crippen LogP contribution is 2.15. The molecule has 1 atom stereocenters. The van der Waals surface area contributed by atoms with Crippen molar-refractivity contribution in [3.8, 4) is 5.75 Å². The number of hydrogen-bond donors (Lipinski definition) is 1. The predicted octanol–water partition coefficient (Wildman–Crippen LogP) is 3.25. The van der Waals surface area contributed by atoms with E-state index in [1.807, 2.05) is 31.4 Å². The zero-order chi connectivity index (χ0) is 14.4. The molecule has 106 valence electrons. The maximum atomic E-state index is 12.0. The molecule has 0 aliphatic carbocycles. The van der Waals surface area contributed by atoms with Crippen LogP contribution in [0.2, 0.25) is 0 Å². The molecule has 0 bridgehead atoms. The van der Waals surface area contributed by atoms with E-state index in [1.54, 1.807) is 17.6 Å². The van der Waals surface area contributed by atoms with Crippen molar-refractivity contribution >= 4 is 17.2 Å². The summed E-state index contributed by atoms with van der Waals surface area (Å²) >= 11 is 1.54. The van der Waals surface area contributed by atoms with Crippen LogP contribution in [0.5, 0.6) is 5.75 Å². The quantitative estimate of drug-likeness (QED) is 0.888. The molecule has 0 spiro atoms. The van der Waals surface area contributed by atoms with Gasteiger partial charge in [0.25, 0.3) is 5.91 Å². The van der Waals surface area contributed by atoms with Crippen LogP contribution in [0.15, 0.2) is 35.2 Å². The molecule has 4 nitrogen and oxygen atoms in total. The number of carbonyl (C=O) groups is 1. The molecule has 5 heteroatoms. The van der Waals surface area contributed by atoms with Gasteiger partial charge < -0.3 is 10.1 Å². The molecule has 1 N–H and O–H groups in total. The molecule has 0 aliphatic heterocycles. The SMILES string of the molecule is CCC(C)NC(=O)c1cccc(OCc2cscn2)c1. The Balaban J connectivity index is 1.98. The predicted molar refractivity (Wildman–Crippen MR) is 80.1 cm³/mol. The lowest BCUT2D eigenvalue weighted by Gasteiger charge is -2.12. The highest BCUT2D eigenvalue weighted by Gasteiger charge is 2.09. The molecule has 0 fully saturated rings. The van der Waals surface area contributed by atoms with Crippen LogP contribution in [0.4, 0.5) is 0 Å². The first-order valence-corrected chi connectivity index (χ1v) is 7.54. The van der Waals surface area contributed by atoms with Crippen molar-refractivity contribution in [2.45, 2.75) is 32.9 Å². The molecule has 1 amide bonds. The molecule has 1 unspecified atom stereocenters. The fraction of sp³-hybridized carbons (Fsp3) is 0.333. The minimum absolute atomic E-state index is 0.0709. The second kappa shape index (κ2) is 7.05. The highest BCUT2D eigenvalue weighted by molar-refractivity contribution is 7.07. The van der Waals surface area contributed by atoms with Gasteiger partial charge in [-0.2, -0.15) is 0 Å². The van der Waals surface area contributed by atoms with Gasteiger partial charge in [0.1, 0.15) is 12.4 Å². The van der Waals surface area contributed by atoms with E-state index < -0.39 is 0 Å². The number of benzene rings is 1. The number of rotatable bonds is 6. The summed E-state index contributed by atoms with van der Waals surface area (Å²) < 4.78 is 5.64. The Bertz CT molecular complexity index is 555. The molecule has 1 aromatic heterocycles. The topological polar surface area (TPSA) is 51.2 Å². The Morgan fingerprint density at radius 1 is 1.50 bits per heavy atom. The molecule has 0 saturated carbocycles. The molecule has 0 aliphatic rings. The van der Waals surface area contributed by atoms with E-state index in [1.165, 1.54) is 11.3 Å². The maximum absolute atomic E-state index is 12.0. The monoisotopic (exact) mass is 290 g/mol. The minimum Gasteiger partial charge on any atom is -0.487 e. The molecule has 1 heterocycles. The lowest BCUT2D eigenvalue weighted by atomic mass is 10.2. The third-order valence-corrected chi connectivity index (χ3v) is 3.59. The summed E-state index contributed by atoms with van der Waals surface area (Å²) in [6, 6.07) is 7.37. The fourth-order valence-electron chi connectivity index (χ4n) is 1.60. The van der Waals surface area contributed by atoms with Crippen molar-refractivity contribution < 1.29 is 9.53 Å². The van der Waals surface area contributed by atoms with Crippen LogP contribution in [0.1, 0.15) is 36.3 Å². The average Bonchev–Trinajstić information content (AvgIpc) is 2.98. The summed E-state index contributed by atoms with van der Waals surface area (Å²) in [6.45, 7) is 4.44. The van der Waals surface area contributed by atoms with Crippen molar-refractivity contribution in [2.24, 2.45) is 0 Å². The van der Waals surface area contributed by atoms with Crippen LogP contribution >= 0.6 is 11.3 Å². The van der Waals surface area contributed by atoms with Gasteiger partial charge >= 0.3 is 0 Å². The standard InChI is InChI=1S/C15H18N2O2S/c1-3-11(2)17-15(18)12-5-4-6-14(7-12)19-8-13-9-20-10-16-13/h4-7,9-11H,3,8H2,1-2H3,(H,17,18). The summed E-state index contributed by atoms with van der Waals surface area (Å²) in [6.07, 6.45) is 0.908. The average molecular weight is 290 g/mol. The summed E-state index contributed by atoms with van der Waals surface area (Å²) in [4.78, 5) is 16.2. The lowest BCUT2D eigenvalue weighted by molar-refractivity contribution is 0.0939. The van der Waals surface area contributed by atoms with Crippen LogP contribution in [0.25, 0.3) is 0 Å². The third kappa shape index (κ3) is 4.06. The van der Waals surface area contributed by atoms with Gasteiger partial charge in [0.15, 0.2) is 0 Å². The fourth-order valence-corrected chi connectivity index (χ4v) is 2.15. The smallest absolute Gasteiger partial charge is 0.251 e. The Morgan fingerprint density at radius 3 is 3.05 bits per heavy atom. The molecule has 1 aromatic carbocycles. The first-order chi connectivity index (χ1) is 9.69. The van der Waals surface area contributed by atoms with Gasteiger partial charge in [0.05, 0.1) is 11.2 Å². The highest BCUT2D eigenvalue weighted by atomic mass is 32.1. The Kier molecular flexibility index (Phi) is 5.12. The Labute approximate surface area is 122 Å². The molecule has 0 saturated heterocycles. The van der Waals surface area contributed by atoms with Gasteiger partial charge in [0, 0.05) is 17.0 Å². The van der Waals surface area contributed by atoms with E-state index in [-0.39, 0.29) is 11.9 Å². The number of thiazole rings is 1. The number of aromatic nitrogens is 1. The van der Waals surface area contributed by atoms with E-state index in [4.69, 9.17) is 4.74 Å². The summed E-state index contributed by atoms with van der Waals surface area (Å²) in [7, 11) is 0. The van der Waals surface area contributed by atoms with E-state index in [9.17, 15) is 4.79 Å². The minimum atomic E-state index is -0.0709. The van der Waals surface area contributed by atoms with Gasteiger partial charge in [-0.05, 0) is 31.5 Å². The molecule has 2 rings (SSSR count). The number of nitrogens with zero attached hydrogens (tertiary/aromatic N) is 1. The van der Waals surface area contributed by atoms with E-state index in [0.29, 0.717) is 17.9 Å². The summed E-state index contributed by atoms with van der Waals surface area (Å²) in [5.41, 5.74) is 3.28. The number of hydrogen-bond acceptors (Lipinski definition) is 4. The first-order valence-electron chi connectivity index (χ1n) is 6.60. The number of ether oxygens (including phenoxy) is 1. The van der Waals surface area contributed by atoms with Crippen LogP contribution in [-0.4, -0.2) is 16.9 Å². The van der Waals surface area contributed by atoms with Gasteiger partial charge in [0.2, 0.25) is 0 Å². The van der Waals surface area contributed by atoms with Crippen molar-refractivity contribution in [3.05, 3.63) is 46.4 Å². The van der Waals surface area contributed by atoms with Crippen LogP contribution < -0.4 is 10.1 Å². The molecule has 20 heavy (non-hydrogen) atoms. The Hall–Kier alpha value is -1.88. The summed E-state index contributed by atoms with van der Waals surface area (Å²) in [5, 5.41) is 4.88. The second-order valence-corrected chi connectivity index (χ2v) is 5.30. The molecule has 2 aromatic rings. The molecular formula is C15H18N2O2S.